The minimum absolute atomic E-state index is 0.0531. The number of nitrogens with one attached hydrogen (secondary N) is 4. The lowest BCUT2D eigenvalue weighted by atomic mass is 9.99. The predicted octanol–water partition coefficient (Wildman–Crippen LogP) is -0.327. The normalized spacial score (nSPS) is 14.0. The molecule has 0 atom stereocenters. The number of nitriles is 2. The van der Waals surface area contributed by atoms with Gasteiger partial charge in [-0.2, -0.15) is 15.6 Å². The van der Waals surface area contributed by atoms with Crippen LogP contribution >= 0.6 is 0 Å². The van der Waals surface area contributed by atoms with Crippen molar-refractivity contribution in [1.29, 1.82) is 15.9 Å². The van der Waals surface area contributed by atoms with Crippen LogP contribution < -0.4 is 55.2 Å². The Kier molecular flexibility index (Phi) is 6.20. The Morgan fingerprint density at radius 3 is 2.12 bits per heavy atom. The van der Waals surface area contributed by atoms with Crippen LogP contribution in [0.25, 0.3) is 23.1 Å². The maximum absolute atomic E-state index is 14.6. The fraction of sp³-hybridized carbons (Fsp3) is 0. The molecule has 0 radical (unpaired) electrons. The van der Waals surface area contributed by atoms with Gasteiger partial charge in [0.25, 0.3) is 0 Å². The van der Waals surface area contributed by atoms with E-state index in [1.54, 1.807) is 0 Å². The molecule has 2 aliphatic rings. The van der Waals surface area contributed by atoms with E-state index < -0.39 is 46.1 Å². The summed E-state index contributed by atoms with van der Waals surface area (Å²) < 4.78 is 58.0. The zero-order valence-electron chi connectivity index (χ0n) is 20.9. The van der Waals surface area contributed by atoms with Crippen LogP contribution in [0.15, 0.2) is 34.1 Å². The first-order valence-electron chi connectivity index (χ1n) is 11.5. The smallest absolute Gasteiger partial charge is 0.173 e. The summed E-state index contributed by atoms with van der Waals surface area (Å²) in [6, 6.07) is 5.28. The van der Waals surface area contributed by atoms with E-state index in [4.69, 9.17) is 34.1 Å². The molecule has 13 nitrogen and oxygen atoms in total. The van der Waals surface area contributed by atoms with Gasteiger partial charge >= 0.3 is 0 Å². The third kappa shape index (κ3) is 3.97. The van der Waals surface area contributed by atoms with Crippen LogP contribution in [0.5, 0.6) is 0 Å². The van der Waals surface area contributed by atoms with Gasteiger partial charge in [0, 0.05) is 15.8 Å². The van der Waals surface area contributed by atoms with E-state index in [2.05, 4.69) is 26.1 Å². The standard InChI is InChI=1S/C25H17F4N13/c26-15-13(22(33)34)16(27)18(29)14(17(15)28)25(37)42-41-11-3-8-7-2-10(32)24(36)40-20(7)21-9(19(8)38-12(11)5-31)1-6(4-30)23(35)39-21/h1-3,38,40-41H,32,36H2,(H3,33,34)(H2,35,39)(H2,37,42). The number of allylic oxidation sites excluding steroid dienone is 3. The van der Waals surface area contributed by atoms with Gasteiger partial charge in [-0.05, 0) is 18.2 Å². The number of nitrogens with two attached hydrogens (primary N) is 5. The van der Waals surface area contributed by atoms with Gasteiger partial charge in [0.05, 0.1) is 45.0 Å². The number of anilines is 3. The second kappa shape index (κ2) is 9.61. The van der Waals surface area contributed by atoms with Crippen LogP contribution in [-0.4, -0.2) is 16.7 Å². The lowest BCUT2D eigenvalue weighted by molar-refractivity contribution is 0.448. The number of rotatable bonds is 4. The second-order valence-corrected chi connectivity index (χ2v) is 8.84. The van der Waals surface area contributed by atoms with E-state index in [9.17, 15) is 28.1 Å². The highest BCUT2D eigenvalue weighted by Crippen LogP contribution is 2.30. The summed E-state index contributed by atoms with van der Waals surface area (Å²) in [5.41, 5.74) is 29.2. The summed E-state index contributed by atoms with van der Waals surface area (Å²) in [5.74, 6) is -9.97. The molecule has 0 saturated carbocycles. The number of hydrazone groups is 1. The number of nitrogens with zero attached hydrogens (tertiary/aromatic N) is 4. The van der Waals surface area contributed by atoms with E-state index in [1.807, 2.05) is 12.1 Å². The molecule has 0 fully saturated rings. The summed E-state index contributed by atoms with van der Waals surface area (Å²) >= 11 is 0. The Hall–Kier alpha value is -6.49. The monoisotopic (exact) mass is 575 g/mol. The zero-order chi connectivity index (χ0) is 30.6. The van der Waals surface area contributed by atoms with Crippen molar-refractivity contribution in [1.82, 2.24) is 10.4 Å². The van der Waals surface area contributed by atoms with E-state index >= 15 is 0 Å². The maximum atomic E-state index is 14.6. The van der Waals surface area contributed by atoms with Crippen LogP contribution in [0.2, 0.25) is 0 Å². The van der Waals surface area contributed by atoms with Crippen molar-refractivity contribution in [2.75, 3.05) is 16.4 Å². The minimum Gasteiger partial charge on any atom is -0.396 e. The highest BCUT2D eigenvalue weighted by molar-refractivity contribution is 6.04. The van der Waals surface area contributed by atoms with Gasteiger partial charge in [-0.1, -0.05) is 0 Å². The maximum Gasteiger partial charge on any atom is 0.173 e. The first-order chi connectivity index (χ1) is 19.9. The first-order valence-corrected chi connectivity index (χ1v) is 11.5. The number of aromatic nitrogens is 1. The van der Waals surface area contributed by atoms with Gasteiger partial charge in [-0.3, -0.25) is 10.8 Å². The van der Waals surface area contributed by atoms with E-state index in [1.165, 1.54) is 18.2 Å². The van der Waals surface area contributed by atoms with E-state index in [0.717, 1.165) is 0 Å². The van der Waals surface area contributed by atoms with Gasteiger partial charge in [0.2, 0.25) is 0 Å². The van der Waals surface area contributed by atoms with Gasteiger partial charge in [0.15, 0.2) is 29.1 Å². The lowest BCUT2D eigenvalue weighted by Gasteiger charge is -2.23. The summed E-state index contributed by atoms with van der Waals surface area (Å²) in [4.78, 5) is 4.33. The molecule has 0 bridgehead atoms. The zero-order valence-corrected chi connectivity index (χ0v) is 20.9. The summed E-state index contributed by atoms with van der Waals surface area (Å²) in [6.07, 6.45) is 2.93. The molecule has 14 N–H and O–H groups in total. The third-order valence-corrected chi connectivity index (χ3v) is 6.38. The van der Waals surface area contributed by atoms with Crippen molar-refractivity contribution in [3.05, 3.63) is 79.4 Å². The number of pyridine rings is 1. The van der Waals surface area contributed by atoms with E-state index in [0.29, 0.717) is 32.7 Å². The number of benzene rings is 2. The molecule has 3 heterocycles. The molecule has 3 aromatic rings. The largest absolute Gasteiger partial charge is 0.396 e. The summed E-state index contributed by atoms with van der Waals surface area (Å²) in [5, 5.41) is 37.1. The molecule has 0 aliphatic carbocycles. The Morgan fingerprint density at radius 2 is 1.52 bits per heavy atom. The van der Waals surface area contributed by atoms with Crippen molar-refractivity contribution in [3.63, 3.8) is 0 Å². The van der Waals surface area contributed by atoms with Gasteiger partial charge < -0.3 is 39.3 Å². The summed E-state index contributed by atoms with van der Waals surface area (Å²) in [6.45, 7) is 0. The molecule has 1 aromatic heterocycles. The quantitative estimate of drug-likeness (QED) is 0.0639. The minimum atomic E-state index is -1.94. The Morgan fingerprint density at radius 1 is 0.905 bits per heavy atom. The van der Waals surface area contributed by atoms with Crippen LogP contribution in [0.4, 0.5) is 34.8 Å². The molecular weight excluding hydrogens is 558 g/mol. The highest BCUT2D eigenvalue weighted by Gasteiger charge is 2.29. The van der Waals surface area contributed by atoms with Crippen molar-refractivity contribution < 1.29 is 17.6 Å². The molecular formula is C25H17F4N13. The molecule has 42 heavy (non-hydrogen) atoms. The lowest BCUT2D eigenvalue weighted by Crippen LogP contribution is -2.39. The van der Waals surface area contributed by atoms with E-state index in [-0.39, 0.29) is 34.3 Å². The number of halogens is 4. The number of hydrogen-bond acceptors (Lipinski definition) is 11. The van der Waals surface area contributed by atoms with Crippen molar-refractivity contribution in [2.24, 2.45) is 28.0 Å². The third-order valence-electron chi connectivity index (χ3n) is 6.38. The number of nitrogen functional groups attached to an aromatic ring is 2. The van der Waals surface area contributed by atoms with Gasteiger partial charge in [0.1, 0.15) is 35.3 Å². The van der Waals surface area contributed by atoms with Gasteiger partial charge in [-0.25, -0.2) is 22.5 Å². The first kappa shape index (κ1) is 27.1. The fourth-order valence-electron chi connectivity index (χ4n) is 4.40. The molecule has 0 unspecified atom stereocenters. The Balaban J connectivity index is 1.72. The molecule has 2 aliphatic heterocycles. The van der Waals surface area contributed by atoms with Crippen molar-refractivity contribution >= 4 is 51.9 Å². The van der Waals surface area contributed by atoms with Crippen molar-refractivity contribution in [3.8, 4) is 12.1 Å². The summed E-state index contributed by atoms with van der Waals surface area (Å²) in [7, 11) is 0. The molecule has 0 saturated heterocycles. The van der Waals surface area contributed by atoms with Crippen LogP contribution in [-0.2, 0) is 0 Å². The molecule has 0 amide bonds. The number of amidine groups is 2. The predicted molar refractivity (Wildman–Crippen MR) is 145 cm³/mol. The molecule has 210 valence electrons. The molecule has 5 rings (SSSR count). The topological polar surface area (TPSA) is 263 Å². The highest BCUT2D eigenvalue weighted by atomic mass is 19.2. The number of fused-ring (bicyclic) bond motifs is 6. The van der Waals surface area contributed by atoms with Gasteiger partial charge in [-0.15, -0.1) is 0 Å². The number of hydrogen-bond donors (Lipinski definition) is 9. The Bertz CT molecular complexity index is 2070. The molecule has 17 heteroatoms. The fourth-order valence-corrected chi connectivity index (χ4v) is 4.40. The molecule has 0 spiro atoms. The second-order valence-electron chi connectivity index (χ2n) is 8.84. The van der Waals surface area contributed by atoms with Crippen LogP contribution in [0, 0.1) is 51.3 Å². The van der Waals surface area contributed by atoms with Crippen LogP contribution in [0.3, 0.4) is 0 Å². The average molecular weight is 575 g/mol. The Labute approximate surface area is 232 Å². The SMILES string of the molecule is N#CC1=C(NN=C(N)c2c(F)c(F)c(C(=N)N)c(F)c2F)C=c2c(c3cc(C#N)c(N)nc3c3c2=CC(N)=C(N)N3)N1. The van der Waals surface area contributed by atoms with Crippen molar-refractivity contribution in [2.45, 2.75) is 0 Å². The average Bonchev–Trinajstić information content (AvgIpc) is 2.95. The molecule has 2 aromatic carbocycles. The van der Waals surface area contributed by atoms with Crippen LogP contribution in [0.1, 0.15) is 16.7 Å².